The van der Waals surface area contributed by atoms with Crippen LogP contribution < -0.4 is 11.3 Å². The fraction of sp³-hybridized carbons (Fsp3) is 0.182. The van der Waals surface area contributed by atoms with E-state index in [1.807, 2.05) is 24.5 Å². The van der Waals surface area contributed by atoms with Gasteiger partial charge in [-0.3, -0.25) is 10.8 Å². The molecule has 3 heteroatoms. The van der Waals surface area contributed by atoms with Crippen LogP contribution in [0.1, 0.15) is 12.5 Å². The number of pyridine rings is 1. The number of rotatable bonds is 2. The number of anilines is 1. The Hall–Kier alpha value is -1.61. The molecule has 0 atom stereocenters. The highest BCUT2D eigenvalue weighted by atomic mass is 15.2. The number of benzene rings is 1. The highest BCUT2D eigenvalue weighted by Gasteiger charge is 2.02. The average Bonchev–Trinajstić information content (AvgIpc) is 2.27. The van der Waals surface area contributed by atoms with Crippen molar-refractivity contribution in [1.82, 2.24) is 4.98 Å². The first-order valence-electron chi connectivity index (χ1n) is 4.69. The predicted molar refractivity (Wildman–Crippen MR) is 58.9 cm³/mol. The molecule has 72 valence electrons. The Morgan fingerprint density at radius 1 is 1.29 bits per heavy atom. The second-order valence-corrected chi connectivity index (χ2v) is 3.19. The molecule has 0 aliphatic rings. The average molecular weight is 187 g/mol. The molecule has 0 radical (unpaired) electrons. The molecular weight excluding hydrogens is 174 g/mol. The monoisotopic (exact) mass is 187 g/mol. The first-order valence-corrected chi connectivity index (χ1v) is 4.69. The van der Waals surface area contributed by atoms with Crippen LogP contribution in [-0.4, -0.2) is 4.98 Å². The molecule has 0 aliphatic carbocycles. The van der Waals surface area contributed by atoms with Gasteiger partial charge in [0.25, 0.3) is 0 Å². The van der Waals surface area contributed by atoms with Gasteiger partial charge in [-0.2, -0.15) is 0 Å². The molecule has 0 fully saturated rings. The molecule has 0 unspecified atom stereocenters. The maximum atomic E-state index is 5.43. The lowest BCUT2D eigenvalue weighted by Gasteiger charge is -2.08. The van der Waals surface area contributed by atoms with Crippen molar-refractivity contribution in [3.8, 4) is 0 Å². The van der Waals surface area contributed by atoms with Gasteiger partial charge in [-0.15, -0.1) is 0 Å². The van der Waals surface area contributed by atoms with Crippen molar-refractivity contribution in [1.29, 1.82) is 0 Å². The van der Waals surface area contributed by atoms with Crippen LogP contribution in [0.25, 0.3) is 10.8 Å². The fourth-order valence-electron chi connectivity index (χ4n) is 1.69. The molecule has 1 aromatic carbocycles. The Kier molecular flexibility index (Phi) is 2.33. The van der Waals surface area contributed by atoms with Gasteiger partial charge in [-0.1, -0.05) is 13.0 Å². The van der Waals surface area contributed by atoms with Crippen molar-refractivity contribution < 1.29 is 0 Å². The summed E-state index contributed by atoms with van der Waals surface area (Å²) in [6, 6.07) is 6.11. The quantitative estimate of drug-likeness (QED) is 0.559. The maximum Gasteiger partial charge on any atom is 0.0579 e. The molecule has 3 nitrogen and oxygen atoms in total. The van der Waals surface area contributed by atoms with E-state index < -0.39 is 0 Å². The summed E-state index contributed by atoms with van der Waals surface area (Å²) in [5.41, 5.74) is 4.92. The van der Waals surface area contributed by atoms with Gasteiger partial charge in [0.15, 0.2) is 0 Å². The number of aromatic nitrogens is 1. The van der Waals surface area contributed by atoms with Gasteiger partial charge in [-0.05, 0) is 29.5 Å². The van der Waals surface area contributed by atoms with E-state index in [1.54, 1.807) is 0 Å². The highest BCUT2D eigenvalue weighted by molar-refractivity contribution is 5.95. The molecule has 0 saturated carbocycles. The Morgan fingerprint density at radius 3 is 2.86 bits per heavy atom. The number of nitrogens with zero attached hydrogens (tertiary/aromatic N) is 1. The molecule has 3 N–H and O–H groups in total. The van der Waals surface area contributed by atoms with Crippen LogP contribution in [0.5, 0.6) is 0 Å². The lowest BCUT2D eigenvalue weighted by molar-refractivity contribution is 1.16. The predicted octanol–water partition coefficient (Wildman–Crippen LogP) is 2.08. The second kappa shape index (κ2) is 3.64. The third-order valence-corrected chi connectivity index (χ3v) is 2.44. The molecule has 2 rings (SSSR count). The van der Waals surface area contributed by atoms with E-state index in [-0.39, 0.29) is 0 Å². The van der Waals surface area contributed by atoms with Gasteiger partial charge < -0.3 is 5.43 Å². The number of nitrogens with two attached hydrogens (primary N) is 1. The fourth-order valence-corrected chi connectivity index (χ4v) is 1.69. The molecule has 0 spiro atoms. The number of hydrogen-bond donors (Lipinski definition) is 2. The standard InChI is InChI=1S/C11H13N3/c1-2-8-3-4-11(14-12)10-7-13-6-5-9(8)10/h3-7,14H,2,12H2,1H3. The van der Waals surface area contributed by atoms with E-state index in [2.05, 4.69) is 23.4 Å². The van der Waals surface area contributed by atoms with Gasteiger partial charge in [0.05, 0.1) is 5.69 Å². The van der Waals surface area contributed by atoms with Crippen LogP contribution in [-0.2, 0) is 6.42 Å². The van der Waals surface area contributed by atoms with Crippen LogP contribution in [0, 0.1) is 0 Å². The first kappa shape index (κ1) is 8.97. The van der Waals surface area contributed by atoms with Crippen molar-refractivity contribution in [2.24, 2.45) is 5.84 Å². The number of nitrogens with one attached hydrogen (secondary N) is 1. The van der Waals surface area contributed by atoms with Crippen molar-refractivity contribution in [3.05, 3.63) is 36.2 Å². The number of hydrogen-bond acceptors (Lipinski definition) is 3. The number of hydrazine groups is 1. The minimum atomic E-state index is 0.922. The van der Waals surface area contributed by atoms with Crippen molar-refractivity contribution >= 4 is 16.5 Å². The minimum Gasteiger partial charge on any atom is -0.323 e. The van der Waals surface area contributed by atoms with Crippen LogP contribution in [0.4, 0.5) is 5.69 Å². The molecule has 0 amide bonds. The molecule has 14 heavy (non-hydrogen) atoms. The Morgan fingerprint density at radius 2 is 2.14 bits per heavy atom. The van der Waals surface area contributed by atoms with E-state index in [0.29, 0.717) is 0 Å². The van der Waals surface area contributed by atoms with Crippen LogP contribution in [0.15, 0.2) is 30.6 Å². The van der Waals surface area contributed by atoms with E-state index >= 15 is 0 Å². The zero-order valence-corrected chi connectivity index (χ0v) is 8.12. The SMILES string of the molecule is CCc1ccc(NN)c2cnccc12. The van der Waals surface area contributed by atoms with Gasteiger partial charge in [-0.25, -0.2) is 0 Å². The largest absolute Gasteiger partial charge is 0.323 e. The summed E-state index contributed by atoms with van der Waals surface area (Å²) in [5.74, 6) is 5.43. The number of nitrogen functional groups attached to an aromatic ring is 1. The van der Waals surface area contributed by atoms with Crippen molar-refractivity contribution in [3.63, 3.8) is 0 Å². The minimum absolute atomic E-state index is 0.922. The molecule has 2 aromatic rings. The lowest BCUT2D eigenvalue weighted by atomic mass is 10.0. The summed E-state index contributed by atoms with van der Waals surface area (Å²) < 4.78 is 0. The van der Waals surface area contributed by atoms with Crippen molar-refractivity contribution in [2.45, 2.75) is 13.3 Å². The van der Waals surface area contributed by atoms with Crippen molar-refractivity contribution in [2.75, 3.05) is 5.43 Å². The van der Waals surface area contributed by atoms with E-state index in [1.165, 1.54) is 10.9 Å². The van der Waals surface area contributed by atoms with E-state index in [9.17, 15) is 0 Å². The number of fused-ring (bicyclic) bond motifs is 1. The van der Waals surface area contributed by atoms with Crippen LogP contribution in [0.3, 0.4) is 0 Å². The summed E-state index contributed by atoms with van der Waals surface area (Å²) in [4.78, 5) is 4.10. The number of aryl methyl sites for hydroxylation is 1. The molecule has 0 aliphatic heterocycles. The zero-order valence-electron chi connectivity index (χ0n) is 8.12. The Bertz CT molecular complexity index is 409. The summed E-state index contributed by atoms with van der Waals surface area (Å²) >= 11 is 0. The zero-order chi connectivity index (χ0) is 9.97. The first-order chi connectivity index (χ1) is 6.86. The van der Waals surface area contributed by atoms with Gasteiger partial charge in [0, 0.05) is 17.8 Å². The summed E-state index contributed by atoms with van der Waals surface area (Å²) in [5, 5.41) is 2.30. The van der Waals surface area contributed by atoms with Crippen LogP contribution >= 0.6 is 0 Å². The maximum absolute atomic E-state index is 5.43. The van der Waals surface area contributed by atoms with E-state index in [4.69, 9.17) is 5.84 Å². The van der Waals surface area contributed by atoms with Gasteiger partial charge in [0.1, 0.15) is 0 Å². The summed E-state index contributed by atoms with van der Waals surface area (Å²) in [6.07, 6.45) is 4.66. The molecule has 1 aromatic heterocycles. The normalized spacial score (nSPS) is 10.4. The third-order valence-electron chi connectivity index (χ3n) is 2.44. The smallest absolute Gasteiger partial charge is 0.0579 e. The Balaban J connectivity index is 2.78. The molecule has 1 heterocycles. The summed E-state index contributed by atoms with van der Waals surface area (Å²) in [7, 11) is 0. The molecular formula is C11H13N3. The Labute approximate surface area is 82.9 Å². The van der Waals surface area contributed by atoms with Gasteiger partial charge >= 0.3 is 0 Å². The molecule has 0 saturated heterocycles. The summed E-state index contributed by atoms with van der Waals surface area (Å²) in [6.45, 7) is 2.14. The van der Waals surface area contributed by atoms with Gasteiger partial charge in [0.2, 0.25) is 0 Å². The third kappa shape index (κ3) is 1.32. The van der Waals surface area contributed by atoms with Crippen LogP contribution in [0.2, 0.25) is 0 Å². The molecule has 0 bridgehead atoms. The second-order valence-electron chi connectivity index (χ2n) is 3.19. The topological polar surface area (TPSA) is 50.9 Å². The highest BCUT2D eigenvalue weighted by Crippen LogP contribution is 2.25. The lowest BCUT2D eigenvalue weighted by Crippen LogP contribution is -2.07. The van der Waals surface area contributed by atoms with E-state index in [0.717, 1.165) is 17.5 Å².